The predicted molar refractivity (Wildman–Crippen MR) is 72.9 cm³/mol. The van der Waals surface area contributed by atoms with E-state index in [1.165, 1.54) is 18.4 Å². The number of hydrogen-bond acceptors (Lipinski definition) is 4. The van der Waals surface area contributed by atoms with Gasteiger partial charge in [0.1, 0.15) is 5.76 Å². The highest BCUT2D eigenvalue weighted by Gasteiger charge is 2.27. The Morgan fingerprint density at radius 3 is 2.63 bits per heavy atom. The van der Waals surface area contributed by atoms with E-state index in [4.69, 9.17) is 4.42 Å². The number of furan rings is 1. The van der Waals surface area contributed by atoms with Crippen LogP contribution in [-0.2, 0) is 10.2 Å². The molecule has 1 fully saturated rings. The molecule has 108 valence electrons. The molecule has 1 saturated heterocycles. The maximum absolute atomic E-state index is 11.8. The highest BCUT2D eigenvalue weighted by atomic mass is 32.2. The summed E-state index contributed by atoms with van der Waals surface area (Å²) in [5, 5.41) is 0. The van der Waals surface area contributed by atoms with Gasteiger partial charge in [-0.3, -0.25) is 4.90 Å². The maximum Gasteiger partial charge on any atom is 0.278 e. The van der Waals surface area contributed by atoms with E-state index in [2.05, 4.69) is 9.62 Å². The molecule has 6 nitrogen and oxygen atoms in total. The summed E-state index contributed by atoms with van der Waals surface area (Å²) in [5.41, 5.74) is 0. The van der Waals surface area contributed by atoms with Crippen molar-refractivity contribution in [2.45, 2.75) is 18.9 Å². The molecule has 2 rings (SSSR count). The Labute approximate surface area is 114 Å². The second-order valence-corrected chi connectivity index (χ2v) is 6.88. The number of nitrogens with one attached hydrogen (secondary N) is 1. The van der Waals surface area contributed by atoms with Crippen molar-refractivity contribution in [3.63, 3.8) is 0 Å². The minimum absolute atomic E-state index is 0.0350. The SMILES string of the molecule is CN(C)S(=O)(=O)NCC(c1ccco1)N1CCCC1. The molecule has 0 amide bonds. The third kappa shape index (κ3) is 3.56. The van der Waals surface area contributed by atoms with Crippen molar-refractivity contribution in [3.8, 4) is 0 Å². The summed E-state index contributed by atoms with van der Waals surface area (Å²) in [6, 6.07) is 3.69. The topological polar surface area (TPSA) is 65.8 Å². The van der Waals surface area contributed by atoms with Gasteiger partial charge in [-0.15, -0.1) is 0 Å². The Bertz CT molecular complexity index is 478. The number of likely N-dealkylation sites (tertiary alicyclic amines) is 1. The number of nitrogens with zero attached hydrogens (tertiary/aromatic N) is 2. The van der Waals surface area contributed by atoms with Gasteiger partial charge in [-0.25, -0.2) is 4.72 Å². The van der Waals surface area contributed by atoms with E-state index < -0.39 is 10.2 Å². The lowest BCUT2D eigenvalue weighted by Gasteiger charge is -2.26. The molecule has 0 bridgehead atoms. The summed E-state index contributed by atoms with van der Waals surface area (Å²) in [6.45, 7) is 2.29. The first kappa shape index (κ1) is 14.5. The Morgan fingerprint density at radius 2 is 2.11 bits per heavy atom. The van der Waals surface area contributed by atoms with Gasteiger partial charge in [0.2, 0.25) is 0 Å². The van der Waals surface area contributed by atoms with Crippen molar-refractivity contribution in [2.24, 2.45) is 0 Å². The lowest BCUT2D eigenvalue weighted by Crippen LogP contribution is -2.41. The molecule has 0 aromatic carbocycles. The van der Waals surface area contributed by atoms with Gasteiger partial charge in [0, 0.05) is 20.6 Å². The zero-order valence-electron chi connectivity index (χ0n) is 11.4. The second-order valence-electron chi connectivity index (χ2n) is 4.91. The fourth-order valence-corrected chi connectivity index (χ4v) is 2.88. The smallest absolute Gasteiger partial charge is 0.278 e. The van der Waals surface area contributed by atoms with Crippen LogP contribution < -0.4 is 4.72 Å². The van der Waals surface area contributed by atoms with Crippen LogP contribution in [0.4, 0.5) is 0 Å². The molecule has 1 N–H and O–H groups in total. The third-order valence-electron chi connectivity index (χ3n) is 3.39. The van der Waals surface area contributed by atoms with Crippen molar-refractivity contribution in [1.82, 2.24) is 13.9 Å². The standard InChI is InChI=1S/C12H21N3O3S/c1-14(2)19(16,17)13-10-11(12-6-5-9-18-12)15-7-3-4-8-15/h5-6,9,11,13H,3-4,7-8,10H2,1-2H3. The van der Waals surface area contributed by atoms with E-state index >= 15 is 0 Å². The van der Waals surface area contributed by atoms with Crippen molar-refractivity contribution in [3.05, 3.63) is 24.2 Å². The van der Waals surface area contributed by atoms with Gasteiger partial charge in [0.05, 0.1) is 12.3 Å². The normalized spacial score (nSPS) is 19.1. The first-order valence-electron chi connectivity index (χ1n) is 6.45. The molecule has 0 spiro atoms. The van der Waals surface area contributed by atoms with Crippen LogP contribution in [0.15, 0.2) is 22.8 Å². The molecule has 1 aliphatic rings. The third-order valence-corrected chi connectivity index (χ3v) is 4.89. The minimum atomic E-state index is -3.40. The average Bonchev–Trinajstić information content (AvgIpc) is 3.00. The number of hydrogen-bond donors (Lipinski definition) is 1. The fraction of sp³-hybridized carbons (Fsp3) is 0.667. The van der Waals surface area contributed by atoms with Crippen molar-refractivity contribution in [1.29, 1.82) is 0 Å². The first-order valence-corrected chi connectivity index (χ1v) is 7.89. The van der Waals surface area contributed by atoms with Crippen LogP contribution in [0.25, 0.3) is 0 Å². The fourth-order valence-electron chi connectivity index (χ4n) is 2.26. The van der Waals surface area contributed by atoms with Crippen LogP contribution in [0.5, 0.6) is 0 Å². The molecule has 1 atom stereocenters. The molecule has 0 saturated carbocycles. The van der Waals surface area contributed by atoms with Gasteiger partial charge < -0.3 is 4.42 Å². The average molecular weight is 287 g/mol. The van der Waals surface area contributed by atoms with Gasteiger partial charge in [-0.05, 0) is 38.1 Å². The van der Waals surface area contributed by atoms with Gasteiger partial charge in [-0.1, -0.05) is 0 Å². The van der Waals surface area contributed by atoms with Crippen LogP contribution in [0.1, 0.15) is 24.6 Å². The van der Waals surface area contributed by atoms with E-state index in [-0.39, 0.29) is 6.04 Å². The van der Waals surface area contributed by atoms with Crippen LogP contribution in [0.2, 0.25) is 0 Å². The van der Waals surface area contributed by atoms with Gasteiger partial charge in [0.15, 0.2) is 0 Å². The van der Waals surface area contributed by atoms with Gasteiger partial charge in [-0.2, -0.15) is 12.7 Å². The van der Waals surface area contributed by atoms with E-state index in [9.17, 15) is 8.42 Å². The summed E-state index contributed by atoms with van der Waals surface area (Å²) in [7, 11) is -0.371. The Kier molecular flexibility index (Phi) is 4.62. The summed E-state index contributed by atoms with van der Waals surface area (Å²) >= 11 is 0. The highest BCUT2D eigenvalue weighted by molar-refractivity contribution is 7.87. The Balaban J connectivity index is 2.07. The summed E-state index contributed by atoms with van der Waals surface area (Å²) < 4.78 is 32.8. The van der Waals surface area contributed by atoms with E-state index in [1.807, 2.05) is 12.1 Å². The number of rotatable bonds is 6. The first-order chi connectivity index (χ1) is 9.00. The van der Waals surface area contributed by atoms with E-state index in [1.54, 1.807) is 6.26 Å². The summed E-state index contributed by atoms with van der Waals surface area (Å²) in [6.07, 6.45) is 3.92. The van der Waals surface area contributed by atoms with Crippen LogP contribution in [-0.4, -0.2) is 51.4 Å². The van der Waals surface area contributed by atoms with E-state index in [0.29, 0.717) is 6.54 Å². The minimum Gasteiger partial charge on any atom is -0.468 e. The summed E-state index contributed by atoms with van der Waals surface area (Å²) in [4.78, 5) is 2.26. The van der Waals surface area contributed by atoms with Crippen LogP contribution in [0, 0.1) is 0 Å². The molecule has 0 aliphatic carbocycles. The van der Waals surface area contributed by atoms with Crippen molar-refractivity contribution >= 4 is 10.2 Å². The second kappa shape index (κ2) is 6.04. The Morgan fingerprint density at radius 1 is 1.42 bits per heavy atom. The highest BCUT2D eigenvalue weighted by Crippen LogP contribution is 2.25. The monoisotopic (exact) mass is 287 g/mol. The maximum atomic E-state index is 11.8. The molecular weight excluding hydrogens is 266 g/mol. The molecule has 2 heterocycles. The lowest BCUT2D eigenvalue weighted by atomic mass is 10.2. The molecular formula is C12H21N3O3S. The molecule has 19 heavy (non-hydrogen) atoms. The van der Waals surface area contributed by atoms with Gasteiger partial charge in [0.25, 0.3) is 10.2 Å². The molecule has 0 radical (unpaired) electrons. The summed E-state index contributed by atoms with van der Waals surface area (Å²) in [5.74, 6) is 0.809. The van der Waals surface area contributed by atoms with Crippen molar-refractivity contribution < 1.29 is 12.8 Å². The van der Waals surface area contributed by atoms with Gasteiger partial charge >= 0.3 is 0 Å². The molecule has 1 unspecified atom stereocenters. The zero-order valence-corrected chi connectivity index (χ0v) is 12.2. The van der Waals surface area contributed by atoms with E-state index in [0.717, 1.165) is 31.7 Å². The molecule has 1 aliphatic heterocycles. The molecule has 1 aromatic heterocycles. The quantitative estimate of drug-likeness (QED) is 0.841. The van der Waals surface area contributed by atoms with Crippen LogP contribution in [0.3, 0.4) is 0 Å². The lowest BCUT2D eigenvalue weighted by molar-refractivity contribution is 0.216. The van der Waals surface area contributed by atoms with Crippen LogP contribution >= 0.6 is 0 Å². The Hall–Kier alpha value is -0.890. The van der Waals surface area contributed by atoms with Crippen molar-refractivity contribution in [2.75, 3.05) is 33.7 Å². The molecule has 7 heteroatoms. The largest absolute Gasteiger partial charge is 0.468 e. The molecule has 1 aromatic rings. The zero-order chi connectivity index (χ0) is 13.9. The predicted octanol–water partition coefficient (Wildman–Crippen LogP) is 0.812.